The molecule has 2 nitrogen and oxygen atoms in total. The van der Waals surface area contributed by atoms with Crippen LogP contribution in [-0.4, -0.2) is 4.57 Å². The summed E-state index contributed by atoms with van der Waals surface area (Å²) in [5.41, 5.74) is 21.4. The standard InChI is InChI=1S/C59H40N2/c1-6-20-41(21-7-1)42-34-36-47(37-35-42)60(45-26-12-4-13-27-45)48-38-39-50-49-30-16-18-32-52(49)59(54(50)40-48)53-33-19-17-31-51(53)55-56(59)58(44-24-10-3-11-25-44)61(46-28-14-5-15-29-46)57(55)43-22-8-2-9-23-43/h1-40H. The molecular weight excluding hydrogens is 737 g/mol. The first kappa shape index (κ1) is 35.0. The zero-order valence-corrected chi connectivity index (χ0v) is 33.5. The van der Waals surface area contributed by atoms with Crippen LogP contribution in [0.25, 0.3) is 61.6 Å². The highest BCUT2D eigenvalue weighted by Crippen LogP contribution is 2.67. The highest BCUT2D eigenvalue weighted by Gasteiger charge is 2.55. The van der Waals surface area contributed by atoms with Gasteiger partial charge in [0.25, 0.3) is 0 Å². The van der Waals surface area contributed by atoms with Gasteiger partial charge in [-0.15, -0.1) is 0 Å². The van der Waals surface area contributed by atoms with E-state index in [2.05, 4.69) is 252 Å². The molecule has 61 heavy (non-hydrogen) atoms. The molecule has 2 aliphatic carbocycles. The van der Waals surface area contributed by atoms with Crippen LogP contribution >= 0.6 is 0 Å². The van der Waals surface area contributed by atoms with Gasteiger partial charge in [0.2, 0.25) is 0 Å². The van der Waals surface area contributed by atoms with Crippen LogP contribution in [-0.2, 0) is 5.41 Å². The molecule has 1 atom stereocenters. The molecule has 286 valence electrons. The lowest BCUT2D eigenvalue weighted by Crippen LogP contribution is -2.27. The van der Waals surface area contributed by atoms with Gasteiger partial charge in [-0.25, -0.2) is 0 Å². The summed E-state index contributed by atoms with van der Waals surface area (Å²) in [5, 5.41) is 0. The molecule has 9 aromatic carbocycles. The quantitative estimate of drug-likeness (QED) is 0.156. The van der Waals surface area contributed by atoms with E-state index in [-0.39, 0.29) is 0 Å². The summed E-state index contributed by atoms with van der Waals surface area (Å²) in [6, 6.07) is 88.9. The summed E-state index contributed by atoms with van der Waals surface area (Å²) in [6.07, 6.45) is 0. The van der Waals surface area contributed by atoms with Crippen LogP contribution < -0.4 is 4.90 Å². The van der Waals surface area contributed by atoms with Crippen molar-refractivity contribution < 1.29 is 0 Å². The number of aromatic nitrogens is 1. The number of fused-ring (bicyclic) bond motifs is 10. The summed E-state index contributed by atoms with van der Waals surface area (Å²) in [4.78, 5) is 2.41. The molecule has 0 saturated carbocycles. The normalized spacial score (nSPS) is 14.3. The second kappa shape index (κ2) is 14.1. The Bertz CT molecular complexity index is 3170. The lowest BCUT2D eigenvalue weighted by atomic mass is 9.69. The molecule has 1 unspecified atom stereocenters. The molecule has 0 saturated heterocycles. The number of anilines is 3. The number of nitrogens with zero attached hydrogens (tertiary/aromatic N) is 2. The number of para-hydroxylation sites is 2. The predicted molar refractivity (Wildman–Crippen MR) is 253 cm³/mol. The molecular formula is C59H40N2. The molecule has 0 bridgehead atoms. The van der Waals surface area contributed by atoms with Gasteiger partial charge in [-0.05, 0) is 104 Å². The molecule has 0 amide bonds. The highest BCUT2D eigenvalue weighted by atomic mass is 15.1. The molecule has 12 rings (SSSR count). The fourth-order valence-corrected chi connectivity index (χ4v) is 10.4. The van der Waals surface area contributed by atoms with Gasteiger partial charge in [-0.2, -0.15) is 0 Å². The van der Waals surface area contributed by atoms with Crippen LogP contribution in [0.5, 0.6) is 0 Å². The first-order chi connectivity index (χ1) is 30.3. The van der Waals surface area contributed by atoms with Crippen LogP contribution in [0.3, 0.4) is 0 Å². The monoisotopic (exact) mass is 776 g/mol. The number of rotatable bonds is 7. The first-order valence-electron chi connectivity index (χ1n) is 21.1. The molecule has 0 fully saturated rings. The second-order valence-electron chi connectivity index (χ2n) is 16.0. The van der Waals surface area contributed by atoms with Gasteiger partial charge in [0.1, 0.15) is 0 Å². The Kier molecular flexibility index (Phi) is 8.11. The van der Waals surface area contributed by atoms with Gasteiger partial charge in [0, 0.05) is 33.9 Å². The Balaban J connectivity index is 1.19. The fourth-order valence-electron chi connectivity index (χ4n) is 10.4. The Morgan fingerprint density at radius 3 is 1.39 bits per heavy atom. The van der Waals surface area contributed by atoms with E-state index in [1.807, 2.05) is 0 Å². The van der Waals surface area contributed by atoms with Crippen molar-refractivity contribution in [2.45, 2.75) is 5.41 Å². The van der Waals surface area contributed by atoms with Gasteiger partial charge in [-0.3, -0.25) is 0 Å². The molecule has 1 aromatic heterocycles. The van der Waals surface area contributed by atoms with Crippen LogP contribution in [0.4, 0.5) is 17.1 Å². The third kappa shape index (κ3) is 5.29. The van der Waals surface area contributed by atoms with Gasteiger partial charge in [0.15, 0.2) is 0 Å². The van der Waals surface area contributed by atoms with Crippen LogP contribution in [0.15, 0.2) is 243 Å². The molecule has 0 radical (unpaired) electrons. The molecule has 0 N–H and O–H groups in total. The lowest BCUT2D eigenvalue weighted by Gasteiger charge is -2.33. The molecule has 2 aliphatic rings. The molecule has 10 aromatic rings. The topological polar surface area (TPSA) is 8.17 Å². The van der Waals surface area contributed by atoms with Crippen LogP contribution in [0, 0.1) is 0 Å². The maximum atomic E-state index is 2.54. The summed E-state index contributed by atoms with van der Waals surface area (Å²) in [7, 11) is 0. The largest absolute Gasteiger partial charge is 0.310 e. The fraction of sp³-hybridized carbons (Fsp3) is 0.0169. The number of benzene rings is 9. The lowest BCUT2D eigenvalue weighted by molar-refractivity contribution is 0.791. The second-order valence-corrected chi connectivity index (χ2v) is 16.0. The minimum atomic E-state index is -0.623. The van der Waals surface area contributed by atoms with Crippen molar-refractivity contribution in [1.82, 2.24) is 4.57 Å². The smallest absolute Gasteiger partial charge is 0.0747 e. The van der Waals surface area contributed by atoms with Crippen molar-refractivity contribution in [1.29, 1.82) is 0 Å². The minimum absolute atomic E-state index is 0.623. The minimum Gasteiger partial charge on any atom is -0.310 e. The van der Waals surface area contributed by atoms with E-state index in [4.69, 9.17) is 0 Å². The van der Waals surface area contributed by atoms with Crippen LogP contribution in [0.2, 0.25) is 0 Å². The number of hydrogen-bond donors (Lipinski definition) is 0. The summed E-state index contributed by atoms with van der Waals surface area (Å²) in [5.74, 6) is 0. The third-order valence-electron chi connectivity index (χ3n) is 12.8. The van der Waals surface area contributed by atoms with Gasteiger partial charge >= 0.3 is 0 Å². The first-order valence-corrected chi connectivity index (χ1v) is 21.1. The van der Waals surface area contributed by atoms with Crippen molar-refractivity contribution in [2.75, 3.05) is 4.90 Å². The Morgan fingerprint density at radius 1 is 0.311 bits per heavy atom. The third-order valence-corrected chi connectivity index (χ3v) is 12.8. The Labute approximate surface area is 356 Å². The summed E-state index contributed by atoms with van der Waals surface area (Å²) in [6.45, 7) is 0. The average molecular weight is 777 g/mol. The van der Waals surface area contributed by atoms with Crippen molar-refractivity contribution in [3.8, 4) is 61.6 Å². The maximum Gasteiger partial charge on any atom is 0.0747 e. The molecule has 2 heteroatoms. The Hall–Kier alpha value is -7.94. The highest BCUT2D eigenvalue weighted by molar-refractivity contribution is 6.05. The van der Waals surface area contributed by atoms with E-state index in [0.29, 0.717) is 0 Å². The van der Waals surface area contributed by atoms with Crippen molar-refractivity contribution >= 4 is 17.1 Å². The SMILES string of the molecule is c1ccc(-c2ccc(N(c3ccccc3)c3ccc4c(c3)C3(c5ccccc5-4)c4ccccc4-c4c3c(-c3ccccc3)n(-c3ccccc3)c4-c3ccccc3)cc2)cc1. The van der Waals surface area contributed by atoms with E-state index < -0.39 is 5.41 Å². The van der Waals surface area contributed by atoms with Gasteiger partial charge in [0.05, 0.1) is 16.8 Å². The van der Waals surface area contributed by atoms with Crippen molar-refractivity contribution in [3.05, 3.63) is 265 Å². The van der Waals surface area contributed by atoms with Gasteiger partial charge in [-0.1, -0.05) is 194 Å². The van der Waals surface area contributed by atoms with E-state index in [1.165, 1.54) is 78.1 Å². The van der Waals surface area contributed by atoms with E-state index in [1.54, 1.807) is 0 Å². The maximum absolute atomic E-state index is 2.54. The summed E-state index contributed by atoms with van der Waals surface area (Å²) >= 11 is 0. The van der Waals surface area contributed by atoms with E-state index in [0.717, 1.165) is 22.7 Å². The zero-order chi connectivity index (χ0) is 40.3. The van der Waals surface area contributed by atoms with Crippen molar-refractivity contribution in [2.24, 2.45) is 0 Å². The predicted octanol–water partition coefficient (Wildman–Crippen LogP) is 15.3. The average Bonchev–Trinajstić information content (AvgIpc) is 3.95. The Morgan fingerprint density at radius 2 is 0.754 bits per heavy atom. The summed E-state index contributed by atoms with van der Waals surface area (Å²) < 4.78 is 2.54. The van der Waals surface area contributed by atoms with Gasteiger partial charge < -0.3 is 9.47 Å². The zero-order valence-electron chi connectivity index (χ0n) is 33.5. The van der Waals surface area contributed by atoms with E-state index >= 15 is 0 Å². The molecule has 1 spiro atoms. The van der Waals surface area contributed by atoms with E-state index in [9.17, 15) is 0 Å². The van der Waals surface area contributed by atoms with Crippen molar-refractivity contribution in [3.63, 3.8) is 0 Å². The molecule has 0 aliphatic heterocycles. The van der Waals surface area contributed by atoms with Crippen LogP contribution in [0.1, 0.15) is 22.3 Å². The molecule has 1 heterocycles. The number of hydrogen-bond acceptors (Lipinski definition) is 1.